The van der Waals surface area contributed by atoms with Crippen molar-refractivity contribution in [1.29, 1.82) is 5.26 Å². The largest absolute Gasteiger partial charge is 0.381 e. The Morgan fingerprint density at radius 1 is 1.14 bits per heavy atom. The van der Waals surface area contributed by atoms with Crippen LogP contribution in [0.5, 0.6) is 0 Å². The van der Waals surface area contributed by atoms with Crippen LogP contribution >= 0.6 is 0 Å². The molecule has 3 rings (SSSR count). The maximum Gasteiger partial charge on any atom is 0.143 e. The summed E-state index contributed by atoms with van der Waals surface area (Å²) in [6.07, 6.45) is 1.55. The molecule has 0 aliphatic carbocycles. The van der Waals surface area contributed by atoms with Gasteiger partial charge in [-0.15, -0.1) is 5.10 Å². The Labute approximate surface area is 121 Å². The van der Waals surface area contributed by atoms with Gasteiger partial charge < -0.3 is 5.32 Å². The lowest BCUT2D eigenvalue weighted by Gasteiger charge is -2.07. The van der Waals surface area contributed by atoms with E-state index in [-0.39, 0.29) is 0 Å². The molecule has 0 fully saturated rings. The summed E-state index contributed by atoms with van der Waals surface area (Å²) in [7, 11) is 0. The van der Waals surface area contributed by atoms with Crippen LogP contribution in [0.4, 0.5) is 5.69 Å². The summed E-state index contributed by atoms with van der Waals surface area (Å²) < 4.78 is 1.60. The standard InChI is InChI=1S/C15H12N6/c16-9-12-2-1-3-13(8-12)10-17-14-4-6-15(7-5-14)21-11-18-19-20-21/h1-8,11,17H,10H2. The van der Waals surface area contributed by atoms with E-state index in [1.165, 1.54) is 0 Å². The molecule has 0 unspecified atom stereocenters. The average Bonchev–Trinajstić information content (AvgIpc) is 3.08. The third-order valence-electron chi connectivity index (χ3n) is 3.03. The summed E-state index contributed by atoms with van der Waals surface area (Å²) in [6, 6.07) is 17.5. The van der Waals surface area contributed by atoms with E-state index in [9.17, 15) is 0 Å². The molecule has 6 heteroatoms. The normalized spacial score (nSPS) is 10.0. The molecule has 2 aromatic carbocycles. The van der Waals surface area contributed by atoms with E-state index in [4.69, 9.17) is 5.26 Å². The number of nitrogens with zero attached hydrogens (tertiary/aromatic N) is 5. The third kappa shape index (κ3) is 3.04. The van der Waals surface area contributed by atoms with Crippen LogP contribution in [0.1, 0.15) is 11.1 Å². The van der Waals surface area contributed by atoms with Gasteiger partial charge in [0.1, 0.15) is 6.33 Å². The Morgan fingerprint density at radius 2 is 2.00 bits per heavy atom. The highest BCUT2D eigenvalue weighted by Crippen LogP contribution is 2.13. The number of anilines is 1. The Balaban J connectivity index is 1.67. The number of rotatable bonds is 4. The first kappa shape index (κ1) is 12.8. The van der Waals surface area contributed by atoms with Crippen LogP contribution in [0.3, 0.4) is 0 Å². The summed E-state index contributed by atoms with van der Waals surface area (Å²) in [5, 5.41) is 23.2. The van der Waals surface area contributed by atoms with Crippen molar-refractivity contribution in [3.63, 3.8) is 0 Å². The van der Waals surface area contributed by atoms with Crippen molar-refractivity contribution in [2.75, 3.05) is 5.32 Å². The van der Waals surface area contributed by atoms with Crippen LogP contribution in [0.2, 0.25) is 0 Å². The Bertz CT molecular complexity index is 756. The number of nitrogens with one attached hydrogen (secondary N) is 1. The van der Waals surface area contributed by atoms with Crippen molar-refractivity contribution in [1.82, 2.24) is 20.2 Å². The first-order valence-corrected chi connectivity index (χ1v) is 6.41. The fourth-order valence-electron chi connectivity index (χ4n) is 1.97. The van der Waals surface area contributed by atoms with Crippen LogP contribution in [0.15, 0.2) is 54.9 Å². The molecule has 1 N–H and O–H groups in total. The van der Waals surface area contributed by atoms with E-state index in [1.807, 2.05) is 42.5 Å². The molecule has 0 aliphatic heterocycles. The van der Waals surface area contributed by atoms with Crippen LogP contribution in [-0.2, 0) is 6.54 Å². The second-order valence-electron chi connectivity index (χ2n) is 4.47. The van der Waals surface area contributed by atoms with Crippen molar-refractivity contribution < 1.29 is 0 Å². The first-order chi connectivity index (χ1) is 10.3. The second-order valence-corrected chi connectivity index (χ2v) is 4.47. The van der Waals surface area contributed by atoms with Gasteiger partial charge in [-0.25, -0.2) is 4.68 Å². The highest BCUT2D eigenvalue weighted by atomic mass is 15.5. The Morgan fingerprint density at radius 3 is 2.71 bits per heavy atom. The van der Waals surface area contributed by atoms with Crippen LogP contribution < -0.4 is 5.32 Å². The molecular weight excluding hydrogens is 264 g/mol. The van der Waals surface area contributed by atoms with Crippen molar-refractivity contribution >= 4 is 5.69 Å². The maximum absolute atomic E-state index is 8.88. The lowest BCUT2D eigenvalue weighted by molar-refractivity contribution is 0.789. The van der Waals surface area contributed by atoms with Gasteiger partial charge in [0.15, 0.2) is 0 Å². The minimum absolute atomic E-state index is 0.666. The first-order valence-electron chi connectivity index (χ1n) is 6.41. The highest BCUT2D eigenvalue weighted by Gasteiger charge is 1.99. The number of benzene rings is 2. The second kappa shape index (κ2) is 5.84. The summed E-state index contributed by atoms with van der Waals surface area (Å²) in [4.78, 5) is 0. The fraction of sp³-hybridized carbons (Fsp3) is 0.0667. The zero-order chi connectivity index (χ0) is 14.5. The van der Waals surface area contributed by atoms with Gasteiger partial charge in [0.05, 0.1) is 17.3 Å². The molecule has 0 spiro atoms. The smallest absolute Gasteiger partial charge is 0.143 e. The average molecular weight is 276 g/mol. The minimum Gasteiger partial charge on any atom is -0.381 e. The van der Waals surface area contributed by atoms with Gasteiger partial charge in [-0.05, 0) is 52.4 Å². The molecule has 1 aromatic heterocycles. The van der Waals surface area contributed by atoms with Gasteiger partial charge in [0.2, 0.25) is 0 Å². The maximum atomic E-state index is 8.88. The molecule has 0 amide bonds. The van der Waals surface area contributed by atoms with E-state index < -0.39 is 0 Å². The lowest BCUT2D eigenvalue weighted by Crippen LogP contribution is -2.00. The molecule has 0 radical (unpaired) electrons. The minimum atomic E-state index is 0.666. The van der Waals surface area contributed by atoms with Gasteiger partial charge in [-0.1, -0.05) is 12.1 Å². The van der Waals surface area contributed by atoms with Crippen molar-refractivity contribution in [3.05, 3.63) is 66.0 Å². The molecule has 0 saturated heterocycles. The van der Waals surface area contributed by atoms with Gasteiger partial charge >= 0.3 is 0 Å². The number of hydrogen-bond donors (Lipinski definition) is 1. The van der Waals surface area contributed by atoms with E-state index in [0.717, 1.165) is 16.9 Å². The molecule has 0 aliphatic rings. The molecule has 0 bridgehead atoms. The van der Waals surface area contributed by atoms with Crippen molar-refractivity contribution in [2.45, 2.75) is 6.54 Å². The zero-order valence-electron chi connectivity index (χ0n) is 11.1. The quantitative estimate of drug-likeness (QED) is 0.789. The number of nitriles is 1. The molecule has 102 valence electrons. The summed E-state index contributed by atoms with van der Waals surface area (Å²) >= 11 is 0. The SMILES string of the molecule is N#Cc1cccc(CNc2ccc(-n3cnnn3)cc2)c1. The van der Waals surface area contributed by atoms with Crippen molar-refractivity contribution in [3.8, 4) is 11.8 Å². The van der Waals surface area contributed by atoms with Gasteiger partial charge in [0, 0.05) is 12.2 Å². The van der Waals surface area contributed by atoms with Crippen LogP contribution in [-0.4, -0.2) is 20.2 Å². The predicted octanol–water partition coefficient (Wildman–Crippen LogP) is 2.15. The zero-order valence-corrected chi connectivity index (χ0v) is 11.1. The number of tetrazole rings is 1. The Hall–Kier alpha value is -3.20. The monoisotopic (exact) mass is 276 g/mol. The predicted molar refractivity (Wildman–Crippen MR) is 77.6 cm³/mol. The van der Waals surface area contributed by atoms with Crippen molar-refractivity contribution in [2.24, 2.45) is 0 Å². The van der Waals surface area contributed by atoms with Gasteiger partial charge in [-0.3, -0.25) is 0 Å². The van der Waals surface area contributed by atoms with E-state index >= 15 is 0 Å². The van der Waals surface area contributed by atoms with Gasteiger partial charge in [-0.2, -0.15) is 5.26 Å². The summed E-state index contributed by atoms with van der Waals surface area (Å²) in [6.45, 7) is 0.666. The van der Waals surface area contributed by atoms with Crippen LogP contribution in [0, 0.1) is 11.3 Å². The topological polar surface area (TPSA) is 79.4 Å². The van der Waals surface area contributed by atoms with Gasteiger partial charge in [0.25, 0.3) is 0 Å². The molecule has 0 atom stereocenters. The fourth-order valence-corrected chi connectivity index (χ4v) is 1.97. The molecule has 0 saturated carbocycles. The van der Waals surface area contributed by atoms with E-state index in [2.05, 4.69) is 26.9 Å². The summed E-state index contributed by atoms with van der Waals surface area (Å²) in [5.74, 6) is 0. The Kier molecular flexibility index (Phi) is 3.56. The van der Waals surface area contributed by atoms with E-state index in [0.29, 0.717) is 12.1 Å². The lowest BCUT2D eigenvalue weighted by atomic mass is 10.1. The molecular formula is C15H12N6. The molecule has 21 heavy (non-hydrogen) atoms. The molecule has 1 heterocycles. The van der Waals surface area contributed by atoms with E-state index in [1.54, 1.807) is 17.1 Å². The highest BCUT2D eigenvalue weighted by molar-refractivity contribution is 5.49. The molecule has 6 nitrogen and oxygen atoms in total. The third-order valence-corrected chi connectivity index (χ3v) is 3.03. The number of aromatic nitrogens is 4. The molecule has 3 aromatic rings. The summed E-state index contributed by atoms with van der Waals surface area (Å²) in [5.41, 5.74) is 3.63. The van der Waals surface area contributed by atoms with Crippen LogP contribution in [0.25, 0.3) is 5.69 Å². The number of hydrogen-bond acceptors (Lipinski definition) is 5.